The Morgan fingerprint density at radius 3 is 2.46 bits per heavy atom. The normalized spacial score (nSPS) is 11.3. The van der Waals surface area contributed by atoms with Crippen LogP contribution in [-0.2, 0) is 11.3 Å². The number of aromatic nitrogens is 2. The van der Waals surface area contributed by atoms with E-state index < -0.39 is 0 Å². The Balaban J connectivity index is 1.62. The van der Waals surface area contributed by atoms with Gasteiger partial charge in [-0.3, -0.25) is 9.48 Å². The predicted octanol–water partition coefficient (Wildman–Crippen LogP) is 5.78. The van der Waals surface area contributed by atoms with Crippen molar-refractivity contribution in [1.82, 2.24) is 9.78 Å². The second kappa shape index (κ2) is 9.02. The smallest absolute Gasteiger partial charge is 0.249 e. The van der Waals surface area contributed by atoms with E-state index in [0.29, 0.717) is 18.3 Å². The molecule has 0 fully saturated rings. The van der Waals surface area contributed by atoms with Crippen LogP contribution in [0.5, 0.6) is 0 Å². The van der Waals surface area contributed by atoms with Crippen LogP contribution in [0.15, 0.2) is 65.3 Å². The van der Waals surface area contributed by atoms with E-state index in [1.165, 1.54) is 17.2 Å². The molecule has 0 radical (unpaired) electrons. The average molecular weight is 438 g/mol. The molecule has 0 spiro atoms. The lowest BCUT2D eigenvalue weighted by molar-refractivity contribution is -0.111. The first-order valence-corrected chi connectivity index (χ1v) is 10.1. The highest BCUT2D eigenvalue weighted by molar-refractivity contribution is 9.10. The lowest BCUT2D eigenvalue weighted by Crippen LogP contribution is -2.09. The molecule has 1 amide bonds. The molecule has 0 bridgehead atoms. The Labute approximate surface area is 174 Å². The number of anilines is 1. The molecule has 1 heterocycles. The number of nitrogens with one attached hydrogen (secondary N) is 1. The number of aryl methyl sites for hydroxylation is 1. The van der Waals surface area contributed by atoms with Crippen LogP contribution in [0.1, 0.15) is 42.0 Å². The number of nitrogens with zero attached hydrogens (tertiary/aromatic N) is 2. The molecule has 0 unspecified atom stereocenters. The van der Waals surface area contributed by atoms with E-state index in [-0.39, 0.29) is 5.91 Å². The van der Waals surface area contributed by atoms with Gasteiger partial charge in [-0.05, 0) is 51.5 Å². The number of rotatable bonds is 6. The molecule has 0 atom stereocenters. The van der Waals surface area contributed by atoms with Gasteiger partial charge in [0.25, 0.3) is 0 Å². The summed E-state index contributed by atoms with van der Waals surface area (Å²) < 4.78 is 2.56. The summed E-state index contributed by atoms with van der Waals surface area (Å²) in [4.78, 5) is 12.3. The molecule has 144 valence electrons. The molecular weight excluding hydrogens is 414 g/mol. The zero-order chi connectivity index (χ0) is 20.1. The van der Waals surface area contributed by atoms with E-state index in [9.17, 15) is 4.79 Å². The number of halogens is 1. The summed E-state index contributed by atoms with van der Waals surface area (Å²) in [6, 6.07) is 16.5. The summed E-state index contributed by atoms with van der Waals surface area (Å²) >= 11 is 3.47. The van der Waals surface area contributed by atoms with Gasteiger partial charge in [-0.2, -0.15) is 5.10 Å². The number of hydrogen-bond donors (Lipinski definition) is 1. The van der Waals surface area contributed by atoms with E-state index in [2.05, 4.69) is 83.5 Å². The van der Waals surface area contributed by atoms with Gasteiger partial charge in [-0.15, -0.1) is 0 Å². The van der Waals surface area contributed by atoms with Gasteiger partial charge in [0.2, 0.25) is 5.91 Å². The van der Waals surface area contributed by atoms with E-state index in [4.69, 9.17) is 0 Å². The maximum atomic E-state index is 12.3. The topological polar surface area (TPSA) is 46.9 Å². The van der Waals surface area contributed by atoms with Crippen molar-refractivity contribution in [2.45, 2.75) is 33.2 Å². The quantitative estimate of drug-likeness (QED) is 0.496. The van der Waals surface area contributed by atoms with Crippen LogP contribution in [0.2, 0.25) is 0 Å². The van der Waals surface area contributed by atoms with E-state index in [0.717, 1.165) is 15.6 Å². The maximum Gasteiger partial charge on any atom is 0.249 e. The fraction of sp³-hybridized carbons (Fsp3) is 0.217. The number of carbonyl (C=O) groups is 1. The van der Waals surface area contributed by atoms with Gasteiger partial charge in [0.1, 0.15) is 0 Å². The van der Waals surface area contributed by atoms with Crippen molar-refractivity contribution < 1.29 is 4.79 Å². The van der Waals surface area contributed by atoms with Crippen LogP contribution in [-0.4, -0.2) is 15.7 Å². The van der Waals surface area contributed by atoms with E-state index >= 15 is 0 Å². The Bertz CT molecular complexity index is 970. The number of amides is 1. The Morgan fingerprint density at radius 2 is 1.82 bits per heavy atom. The Kier molecular flexibility index (Phi) is 6.47. The summed E-state index contributed by atoms with van der Waals surface area (Å²) in [7, 11) is 0. The van der Waals surface area contributed by atoms with Crippen molar-refractivity contribution in [2.24, 2.45) is 0 Å². The maximum absolute atomic E-state index is 12.3. The van der Waals surface area contributed by atoms with Crippen LogP contribution in [0, 0.1) is 6.92 Å². The average Bonchev–Trinajstić information content (AvgIpc) is 3.01. The monoisotopic (exact) mass is 437 g/mol. The van der Waals surface area contributed by atoms with Crippen molar-refractivity contribution in [2.75, 3.05) is 5.32 Å². The van der Waals surface area contributed by atoms with Gasteiger partial charge in [0, 0.05) is 12.3 Å². The lowest BCUT2D eigenvalue weighted by Gasteiger charge is -2.04. The minimum absolute atomic E-state index is 0.214. The second-order valence-corrected chi connectivity index (χ2v) is 8.01. The van der Waals surface area contributed by atoms with Gasteiger partial charge >= 0.3 is 0 Å². The van der Waals surface area contributed by atoms with E-state index in [1.807, 2.05) is 18.3 Å². The molecule has 3 rings (SSSR count). The first kappa shape index (κ1) is 20.1. The van der Waals surface area contributed by atoms with Crippen molar-refractivity contribution >= 4 is 33.7 Å². The van der Waals surface area contributed by atoms with Gasteiger partial charge in [-0.1, -0.05) is 67.9 Å². The van der Waals surface area contributed by atoms with Crippen molar-refractivity contribution in [3.63, 3.8) is 0 Å². The summed E-state index contributed by atoms with van der Waals surface area (Å²) in [6.07, 6.45) is 5.19. The zero-order valence-corrected chi connectivity index (χ0v) is 17.9. The zero-order valence-electron chi connectivity index (χ0n) is 16.3. The van der Waals surface area contributed by atoms with Gasteiger partial charge < -0.3 is 5.32 Å². The third kappa shape index (κ3) is 5.42. The molecule has 0 aliphatic carbocycles. The molecule has 3 aromatic rings. The standard InChI is InChI=1S/C23H24BrN3O/c1-16(2)20-11-8-18(9-12-20)10-13-22(28)25-23-21(24)15-27(26-23)14-19-6-4-17(3)5-7-19/h4-13,15-16H,14H2,1-3H3,(H,25,26,28)/b13-10+. The minimum Gasteiger partial charge on any atom is -0.305 e. The molecule has 0 aliphatic rings. The number of benzene rings is 2. The summed E-state index contributed by atoms with van der Waals surface area (Å²) in [6.45, 7) is 7.03. The largest absolute Gasteiger partial charge is 0.305 e. The molecule has 4 nitrogen and oxygen atoms in total. The minimum atomic E-state index is -0.214. The third-order valence-corrected chi connectivity index (χ3v) is 5.03. The molecule has 5 heteroatoms. The first-order chi connectivity index (χ1) is 13.4. The van der Waals surface area contributed by atoms with Crippen LogP contribution in [0.3, 0.4) is 0 Å². The number of hydrogen-bond acceptors (Lipinski definition) is 2. The molecular formula is C23H24BrN3O. The molecule has 0 aliphatic heterocycles. The summed E-state index contributed by atoms with van der Waals surface area (Å²) in [5.41, 5.74) is 4.65. The van der Waals surface area contributed by atoms with Crippen molar-refractivity contribution in [3.05, 3.63) is 87.5 Å². The van der Waals surface area contributed by atoms with Gasteiger partial charge in [0.05, 0.1) is 11.0 Å². The predicted molar refractivity (Wildman–Crippen MR) is 118 cm³/mol. The Hall–Kier alpha value is -2.66. The second-order valence-electron chi connectivity index (χ2n) is 7.15. The Morgan fingerprint density at radius 1 is 1.14 bits per heavy atom. The highest BCUT2D eigenvalue weighted by Gasteiger charge is 2.09. The molecule has 0 saturated heterocycles. The van der Waals surface area contributed by atoms with Crippen molar-refractivity contribution in [1.29, 1.82) is 0 Å². The third-order valence-electron chi connectivity index (χ3n) is 4.45. The van der Waals surface area contributed by atoms with E-state index in [1.54, 1.807) is 10.8 Å². The van der Waals surface area contributed by atoms with Crippen LogP contribution >= 0.6 is 15.9 Å². The molecule has 28 heavy (non-hydrogen) atoms. The van der Waals surface area contributed by atoms with Crippen LogP contribution < -0.4 is 5.32 Å². The first-order valence-electron chi connectivity index (χ1n) is 9.28. The lowest BCUT2D eigenvalue weighted by atomic mass is 10.0. The number of carbonyl (C=O) groups excluding carboxylic acids is 1. The molecule has 2 aromatic carbocycles. The van der Waals surface area contributed by atoms with Crippen molar-refractivity contribution in [3.8, 4) is 0 Å². The summed E-state index contributed by atoms with van der Waals surface area (Å²) in [5.74, 6) is 0.792. The van der Waals surface area contributed by atoms with Gasteiger partial charge in [0.15, 0.2) is 5.82 Å². The molecule has 0 saturated carbocycles. The highest BCUT2D eigenvalue weighted by Crippen LogP contribution is 2.21. The SMILES string of the molecule is Cc1ccc(Cn2cc(Br)c(NC(=O)/C=C/c3ccc(C(C)C)cc3)n2)cc1. The molecule has 1 aromatic heterocycles. The molecule has 1 N–H and O–H groups in total. The highest BCUT2D eigenvalue weighted by atomic mass is 79.9. The van der Waals surface area contributed by atoms with Crippen LogP contribution in [0.25, 0.3) is 6.08 Å². The fourth-order valence-electron chi connectivity index (χ4n) is 2.77. The summed E-state index contributed by atoms with van der Waals surface area (Å²) in [5, 5.41) is 7.28. The fourth-order valence-corrected chi connectivity index (χ4v) is 3.18. The van der Waals surface area contributed by atoms with Crippen LogP contribution in [0.4, 0.5) is 5.82 Å². The van der Waals surface area contributed by atoms with Gasteiger partial charge in [-0.25, -0.2) is 0 Å².